The van der Waals surface area contributed by atoms with Crippen molar-refractivity contribution in [2.45, 2.75) is 65.2 Å². The Labute approximate surface area is 171 Å². The van der Waals surface area contributed by atoms with E-state index in [4.69, 9.17) is 14.2 Å². The zero-order valence-electron chi connectivity index (χ0n) is 18.0. The van der Waals surface area contributed by atoms with Crippen LogP contribution in [0.1, 0.15) is 65.2 Å². The van der Waals surface area contributed by atoms with E-state index < -0.39 is 0 Å². The number of guanidine groups is 1. The van der Waals surface area contributed by atoms with Crippen LogP contribution in [0.2, 0.25) is 0 Å². The highest BCUT2D eigenvalue weighted by Crippen LogP contribution is 2.14. The van der Waals surface area contributed by atoms with Gasteiger partial charge in [-0.05, 0) is 51.9 Å². The highest BCUT2D eigenvalue weighted by atomic mass is 16.5. The van der Waals surface area contributed by atoms with Crippen LogP contribution in [0.3, 0.4) is 0 Å². The molecule has 0 bridgehead atoms. The summed E-state index contributed by atoms with van der Waals surface area (Å²) < 4.78 is 16.1. The van der Waals surface area contributed by atoms with Crippen molar-refractivity contribution in [3.63, 3.8) is 0 Å². The van der Waals surface area contributed by atoms with Crippen molar-refractivity contribution in [2.24, 2.45) is 10.9 Å². The van der Waals surface area contributed by atoms with Gasteiger partial charge in [-0.25, -0.2) is 0 Å². The largest absolute Gasteiger partial charge is 0.466 e. The predicted octanol–water partition coefficient (Wildman–Crippen LogP) is 2.89. The lowest BCUT2D eigenvalue weighted by Gasteiger charge is -2.21. The molecule has 0 aromatic carbocycles. The third-order valence-corrected chi connectivity index (χ3v) is 4.66. The first-order valence-corrected chi connectivity index (χ1v) is 11.1. The molecular formula is C21H41N3O4. The number of ether oxygens (including phenoxy) is 3. The van der Waals surface area contributed by atoms with Gasteiger partial charge in [0.1, 0.15) is 0 Å². The fourth-order valence-corrected chi connectivity index (χ4v) is 3.05. The second-order valence-corrected chi connectivity index (χ2v) is 7.14. The van der Waals surface area contributed by atoms with E-state index in [9.17, 15) is 4.79 Å². The maximum Gasteiger partial charge on any atom is 0.305 e. The number of rotatable bonds is 15. The normalized spacial score (nSPS) is 15.4. The maximum atomic E-state index is 11.3. The van der Waals surface area contributed by atoms with E-state index in [2.05, 4.69) is 22.5 Å². The van der Waals surface area contributed by atoms with E-state index in [1.807, 2.05) is 6.92 Å². The van der Waals surface area contributed by atoms with Gasteiger partial charge in [0.25, 0.3) is 0 Å². The summed E-state index contributed by atoms with van der Waals surface area (Å²) in [5.41, 5.74) is 0. The van der Waals surface area contributed by atoms with Crippen LogP contribution in [0.4, 0.5) is 0 Å². The van der Waals surface area contributed by atoms with Crippen molar-refractivity contribution in [1.29, 1.82) is 0 Å². The molecule has 2 N–H and O–H groups in total. The lowest BCUT2D eigenvalue weighted by atomic mass is 10.0. The highest BCUT2D eigenvalue weighted by molar-refractivity contribution is 5.79. The van der Waals surface area contributed by atoms with Gasteiger partial charge in [0.15, 0.2) is 5.96 Å². The Morgan fingerprint density at radius 3 is 2.61 bits per heavy atom. The zero-order chi connectivity index (χ0) is 20.3. The van der Waals surface area contributed by atoms with Crippen molar-refractivity contribution in [2.75, 3.05) is 52.7 Å². The van der Waals surface area contributed by atoms with Gasteiger partial charge in [-0.1, -0.05) is 12.8 Å². The SMILES string of the molecule is CCNC(=NCCCOCC1CCOCC1)NCCCCCCC(=O)OCC. The average molecular weight is 400 g/mol. The minimum absolute atomic E-state index is 0.0843. The van der Waals surface area contributed by atoms with Crippen LogP contribution in [0, 0.1) is 5.92 Å². The number of carbonyl (C=O) groups excluding carboxylic acids is 1. The van der Waals surface area contributed by atoms with E-state index >= 15 is 0 Å². The molecule has 0 aromatic rings. The summed E-state index contributed by atoms with van der Waals surface area (Å²) >= 11 is 0. The van der Waals surface area contributed by atoms with Crippen molar-refractivity contribution >= 4 is 11.9 Å². The number of nitrogens with zero attached hydrogens (tertiary/aromatic N) is 1. The summed E-state index contributed by atoms with van der Waals surface area (Å²) in [5, 5.41) is 6.66. The van der Waals surface area contributed by atoms with Gasteiger partial charge in [0.05, 0.1) is 6.61 Å². The third kappa shape index (κ3) is 13.8. The van der Waals surface area contributed by atoms with Crippen LogP contribution in [-0.4, -0.2) is 64.6 Å². The summed E-state index contributed by atoms with van der Waals surface area (Å²) in [6.45, 7) is 10.3. The molecular weight excluding hydrogens is 358 g/mol. The molecule has 1 aliphatic heterocycles. The molecule has 1 heterocycles. The molecule has 1 saturated heterocycles. The first-order valence-electron chi connectivity index (χ1n) is 11.1. The molecule has 0 aliphatic carbocycles. The predicted molar refractivity (Wildman–Crippen MR) is 113 cm³/mol. The molecule has 1 rings (SSSR count). The highest BCUT2D eigenvalue weighted by Gasteiger charge is 2.13. The number of unbranched alkanes of at least 4 members (excludes halogenated alkanes) is 3. The monoisotopic (exact) mass is 399 g/mol. The first-order chi connectivity index (χ1) is 13.8. The van der Waals surface area contributed by atoms with Gasteiger partial charge >= 0.3 is 5.97 Å². The standard InChI is InChI=1S/C21H41N3O4/c1-3-22-21(23-13-8-6-5-7-10-20(25)28-4-2)24-14-9-15-27-18-19-11-16-26-17-12-19/h19H,3-18H2,1-2H3,(H2,22,23,24). The third-order valence-electron chi connectivity index (χ3n) is 4.66. The van der Waals surface area contributed by atoms with Crippen molar-refractivity contribution in [3.05, 3.63) is 0 Å². The summed E-state index contributed by atoms with van der Waals surface area (Å²) in [6.07, 6.45) is 7.84. The molecule has 0 radical (unpaired) electrons. The summed E-state index contributed by atoms with van der Waals surface area (Å²) in [4.78, 5) is 15.9. The number of esters is 1. The van der Waals surface area contributed by atoms with Crippen molar-refractivity contribution in [1.82, 2.24) is 10.6 Å². The van der Waals surface area contributed by atoms with E-state index in [-0.39, 0.29) is 5.97 Å². The Bertz CT molecular complexity index is 412. The minimum Gasteiger partial charge on any atom is -0.466 e. The summed E-state index contributed by atoms with van der Waals surface area (Å²) in [5.74, 6) is 1.45. The second-order valence-electron chi connectivity index (χ2n) is 7.14. The Balaban J connectivity index is 2.01. The van der Waals surface area contributed by atoms with Crippen molar-refractivity contribution in [3.8, 4) is 0 Å². The Hall–Kier alpha value is -1.34. The topological polar surface area (TPSA) is 81.2 Å². The lowest BCUT2D eigenvalue weighted by Crippen LogP contribution is -2.37. The second kappa shape index (κ2) is 17.7. The molecule has 28 heavy (non-hydrogen) atoms. The smallest absolute Gasteiger partial charge is 0.305 e. The molecule has 7 heteroatoms. The molecule has 0 saturated carbocycles. The fraction of sp³-hybridized carbons (Fsp3) is 0.905. The Morgan fingerprint density at radius 1 is 1.07 bits per heavy atom. The Morgan fingerprint density at radius 2 is 1.86 bits per heavy atom. The van der Waals surface area contributed by atoms with Gasteiger partial charge in [-0.3, -0.25) is 9.79 Å². The van der Waals surface area contributed by atoms with Gasteiger partial charge in [-0.15, -0.1) is 0 Å². The fourth-order valence-electron chi connectivity index (χ4n) is 3.05. The van der Waals surface area contributed by atoms with Crippen LogP contribution in [0.25, 0.3) is 0 Å². The van der Waals surface area contributed by atoms with Gasteiger partial charge in [0.2, 0.25) is 0 Å². The molecule has 0 spiro atoms. The van der Waals surface area contributed by atoms with Crippen LogP contribution in [0.15, 0.2) is 4.99 Å². The van der Waals surface area contributed by atoms with Crippen LogP contribution in [0.5, 0.6) is 0 Å². The average Bonchev–Trinajstić information content (AvgIpc) is 2.70. The van der Waals surface area contributed by atoms with Crippen LogP contribution < -0.4 is 10.6 Å². The zero-order valence-corrected chi connectivity index (χ0v) is 18.0. The lowest BCUT2D eigenvalue weighted by molar-refractivity contribution is -0.143. The number of nitrogens with one attached hydrogen (secondary N) is 2. The van der Waals surface area contributed by atoms with Gasteiger partial charge in [0, 0.05) is 52.5 Å². The summed E-state index contributed by atoms with van der Waals surface area (Å²) in [7, 11) is 0. The van der Waals surface area contributed by atoms with Crippen LogP contribution in [-0.2, 0) is 19.0 Å². The van der Waals surface area contributed by atoms with E-state index in [0.29, 0.717) is 18.9 Å². The summed E-state index contributed by atoms with van der Waals surface area (Å²) in [6, 6.07) is 0. The maximum absolute atomic E-state index is 11.3. The van der Waals surface area contributed by atoms with Crippen LogP contribution >= 0.6 is 0 Å². The number of hydrogen-bond donors (Lipinski definition) is 2. The molecule has 1 aliphatic rings. The molecule has 0 aromatic heterocycles. The molecule has 0 unspecified atom stereocenters. The number of aliphatic imine (C=N–C) groups is 1. The van der Waals surface area contributed by atoms with Gasteiger partial charge < -0.3 is 24.8 Å². The quantitative estimate of drug-likeness (QED) is 0.191. The molecule has 164 valence electrons. The van der Waals surface area contributed by atoms with E-state index in [1.165, 1.54) is 0 Å². The minimum atomic E-state index is -0.0843. The molecule has 0 amide bonds. The molecule has 0 atom stereocenters. The molecule has 1 fully saturated rings. The van der Waals surface area contributed by atoms with Gasteiger partial charge in [-0.2, -0.15) is 0 Å². The first kappa shape index (κ1) is 24.7. The number of carbonyl (C=O) groups is 1. The van der Waals surface area contributed by atoms with E-state index in [1.54, 1.807) is 0 Å². The van der Waals surface area contributed by atoms with E-state index in [0.717, 1.165) is 97.0 Å². The number of hydrogen-bond acceptors (Lipinski definition) is 5. The van der Waals surface area contributed by atoms with Crippen molar-refractivity contribution < 1.29 is 19.0 Å². The molecule has 7 nitrogen and oxygen atoms in total. The Kier molecular flexibility index (Phi) is 15.6.